The average Bonchev–Trinajstić information content (AvgIpc) is 3.06. The van der Waals surface area contributed by atoms with E-state index in [1.165, 1.54) is 0 Å². The van der Waals surface area contributed by atoms with Gasteiger partial charge in [0.05, 0.1) is 11.6 Å². The summed E-state index contributed by atoms with van der Waals surface area (Å²) in [6.45, 7) is 0. The van der Waals surface area contributed by atoms with Gasteiger partial charge in [0.1, 0.15) is 6.10 Å². The third kappa shape index (κ3) is 5.19. The van der Waals surface area contributed by atoms with Crippen molar-refractivity contribution in [2.75, 3.05) is 0 Å². The molecule has 12 heteroatoms. The van der Waals surface area contributed by atoms with E-state index in [-0.39, 0.29) is 17.7 Å². The van der Waals surface area contributed by atoms with Crippen LogP contribution in [0.2, 0.25) is 0 Å². The molecule has 1 aliphatic rings. The Bertz CT molecular complexity index is 883. The predicted molar refractivity (Wildman–Crippen MR) is 84.6 cm³/mol. The number of ether oxygens (including phenoxy) is 1. The van der Waals surface area contributed by atoms with Gasteiger partial charge in [-0.25, -0.2) is 14.7 Å². The summed E-state index contributed by atoms with van der Waals surface area (Å²) in [4.78, 5) is 19.8. The van der Waals surface area contributed by atoms with Crippen molar-refractivity contribution in [1.29, 1.82) is 5.26 Å². The number of aromatic carboxylic acids is 1. The molecule has 1 saturated carbocycles. The number of rotatable bonds is 4. The number of hydrogen-bond donors (Lipinski definition) is 3. The molecule has 0 saturated heterocycles. The second-order valence-electron chi connectivity index (χ2n) is 5.74. The molecule has 3 rings (SSSR count). The van der Waals surface area contributed by atoms with Gasteiger partial charge in [0.25, 0.3) is 5.88 Å². The molecule has 1 aromatic heterocycles. The molecule has 0 bridgehead atoms. The number of aliphatic carboxylic acids is 1. The number of halogens is 3. The number of carboxylic acid groups (broad SMARTS) is 2. The highest BCUT2D eigenvalue weighted by molar-refractivity contribution is 5.87. The van der Waals surface area contributed by atoms with Crippen LogP contribution >= 0.6 is 0 Å². The maximum Gasteiger partial charge on any atom is 0.490 e. The zero-order valence-electron chi connectivity index (χ0n) is 14.0. The van der Waals surface area contributed by atoms with Crippen LogP contribution in [0, 0.1) is 11.3 Å². The normalized spacial score (nSPS) is 18.1. The minimum Gasteiger partial charge on any atom is -0.476 e. The van der Waals surface area contributed by atoms with E-state index in [2.05, 4.69) is 21.5 Å². The lowest BCUT2D eigenvalue weighted by atomic mass is 9.77. The van der Waals surface area contributed by atoms with Crippen molar-refractivity contribution in [3.63, 3.8) is 0 Å². The minimum atomic E-state index is -5.08. The van der Waals surface area contributed by atoms with E-state index in [0.29, 0.717) is 11.5 Å². The van der Waals surface area contributed by atoms with Crippen molar-refractivity contribution in [3.8, 4) is 11.9 Å². The van der Waals surface area contributed by atoms with E-state index in [1.54, 1.807) is 12.1 Å². The van der Waals surface area contributed by atoms with Crippen LogP contribution in [-0.4, -0.2) is 49.8 Å². The van der Waals surface area contributed by atoms with Crippen molar-refractivity contribution in [1.82, 2.24) is 15.4 Å². The monoisotopic (exact) mass is 398 g/mol. The van der Waals surface area contributed by atoms with Gasteiger partial charge in [-0.1, -0.05) is 22.4 Å². The first kappa shape index (κ1) is 20.7. The summed E-state index contributed by atoms with van der Waals surface area (Å²) in [5.74, 6) is -3.50. The number of carbonyl (C=O) groups is 2. The van der Waals surface area contributed by atoms with E-state index >= 15 is 0 Å². The number of hydrogen-bond acceptors (Lipinski definition) is 6. The molecule has 9 nitrogen and oxygen atoms in total. The summed E-state index contributed by atoms with van der Waals surface area (Å²) in [7, 11) is 0. The van der Waals surface area contributed by atoms with Crippen molar-refractivity contribution >= 4 is 11.9 Å². The van der Waals surface area contributed by atoms with Gasteiger partial charge in [0.2, 0.25) is 5.69 Å². The molecule has 1 aromatic carbocycles. The number of alkyl halides is 3. The fourth-order valence-electron chi connectivity index (χ4n) is 2.36. The van der Waals surface area contributed by atoms with Crippen LogP contribution < -0.4 is 4.74 Å². The molecule has 0 amide bonds. The van der Waals surface area contributed by atoms with Crippen molar-refractivity contribution in [2.45, 2.75) is 31.0 Å². The van der Waals surface area contributed by atoms with Gasteiger partial charge in [-0.2, -0.15) is 18.4 Å². The Kier molecular flexibility index (Phi) is 6.19. The summed E-state index contributed by atoms with van der Waals surface area (Å²) in [6, 6.07) is 9.56. The molecule has 0 radical (unpaired) electrons. The SMILES string of the molecule is N#Cc1ccc([C@H]2C[C@H](Oc3nn[nH]c3C(=O)O)C2)cc1.O=C(O)C(F)(F)F. The summed E-state index contributed by atoms with van der Waals surface area (Å²) >= 11 is 0. The molecule has 0 spiro atoms. The number of aromatic amines is 1. The van der Waals surface area contributed by atoms with E-state index in [0.717, 1.165) is 18.4 Å². The van der Waals surface area contributed by atoms with Crippen LogP contribution in [-0.2, 0) is 4.79 Å². The molecule has 28 heavy (non-hydrogen) atoms. The Morgan fingerprint density at radius 2 is 1.79 bits per heavy atom. The second-order valence-corrected chi connectivity index (χ2v) is 5.74. The molecule has 148 valence electrons. The topological polar surface area (TPSA) is 149 Å². The van der Waals surface area contributed by atoms with E-state index < -0.39 is 18.1 Å². The number of H-pyrrole nitrogens is 1. The molecule has 0 unspecified atom stereocenters. The van der Waals surface area contributed by atoms with Crippen LogP contribution in [0.1, 0.15) is 40.4 Å². The van der Waals surface area contributed by atoms with Crippen LogP contribution in [0.15, 0.2) is 24.3 Å². The standard InChI is InChI=1S/C14H12N4O3.C2HF3O2/c15-7-8-1-3-9(4-2-8)10-5-11(6-10)21-13-12(14(19)20)16-18-17-13;3-2(4,5)1(6)7/h1-4,10-11H,5-6H2,(H,19,20)(H,16,17,18);(H,6,7)/t10-,11-;. The molecule has 1 fully saturated rings. The van der Waals surface area contributed by atoms with Crippen molar-refractivity contribution in [3.05, 3.63) is 41.1 Å². The zero-order valence-corrected chi connectivity index (χ0v) is 14.0. The highest BCUT2D eigenvalue weighted by atomic mass is 19.4. The lowest BCUT2D eigenvalue weighted by Gasteiger charge is -2.35. The van der Waals surface area contributed by atoms with E-state index in [1.807, 2.05) is 12.1 Å². The summed E-state index contributed by atoms with van der Waals surface area (Å²) < 4.78 is 37.3. The molecule has 1 aliphatic carbocycles. The maximum atomic E-state index is 10.9. The lowest BCUT2D eigenvalue weighted by molar-refractivity contribution is -0.192. The van der Waals surface area contributed by atoms with Gasteiger partial charge >= 0.3 is 18.1 Å². The number of nitrogens with zero attached hydrogens (tertiary/aromatic N) is 3. The Morgan fingerprint density at radius 3 is 2.25 bits per heavy atom. The molecule has 0 aliphatic heterocycles. The summed E-state index contributed by atoms with van der Waals surface area (Å²) in [5, 5.41) is 34.2. The molecule has 1 heterocycles. The largest absolute Gasteiger partial charge is 0.490 e. The first-order valence-corrected chi connectivity index (χ1v) is 7.73. The molecule has 0 atom stereocenters. The van der Waals surface area contributed by atoms with Gasteiger partial charge in [-0.15, -0.1) is 0 Å². The molecule has 3 N–H and O–H groups in total. The average molecular weight is 398 g/mol. The van der Waals surface area contributed by atoms with Gasteiger partial charge in [-0.3, -0.25) is 0 Å². The molecular formula is C16H13F3N4O5. The minimum absolute atomic E-state index is 0.0331. The van der Waals surface area contributed by atoms with Gasteiger partial charge in [-0.05, 0) is 36.5 Å². The van der Waals surface area contributed by atoms with Crippen LogP contribution in [0.4, 0.5) is 13.2 Å². The quantitative estimate of drug-likeness (QED) is 0.710. The van der Waals surface area contributed by atoms with Crippen LogP contribution in [0.5, 0.6) is 5.88 Å². The molecule has 2 aromatic rings. The Labute approximate surface area is 155 Å². The summed E-state index contributed by atoms with van der Waals surface area (Å²) in [5.41, 5.74) is 1.67. The number of nitrogens with one attached hydrogen (secondary N) is 1. The third-order valence-corrected chi connectivity index (χ3v) is 3.86. The van der Waals surface area contributed by atoms with E-state index in [4.69, 9.17) is 25.0 Å². The third-order valence-electron chi connectivity index (χ3n) is 3.86. The summed E-state index contributed by atoms with van der Waals surface area (Å²) in [6.07, 6.45) is -3.57. The smallest absolute Gasteiger partial charge is 0.476 e. The van der Waals surface area contributed by atoms with Crippen molar-refractivity contribution < 1.29 is 37.7 Å². The van der Waals surface area contributed by atoms with Gasteiger partial charge in [0.15, 0.2) is 0 Å². The number of carboxylic acids is 2. The fourth-order valence-corrected chi connectivity index (χ4v) is 2.36. The first-order chi connectivity index (χ1) is 13.1. The maximum absolute atomic E-state index is 10.9. The van der Waals surface area contributed by atoms with Crippen molar-refractivity contribution in [2.24, 2.45) is 0 Å². The van der Waals surface area contributed by atoms with E-state index in [9.17, 15) is 18.0 Å². The lowest BCUT2D eigenvalue weighted by Crippen LogP contribution is -2.32. The predicted octanol–water partition coefficient (Wildman–Crippen LogP) is 2.33. The van der Waals surface area contributed by atoms with Gasteiger partial charge in [0, 0.05) is 0 Å². The highest BCUT2D eigenvalue weighted by Crippen LogP contribution is 2.39. The van der Waals surface area contributed by atoms with Crippen LogP contribution in [0.3, 0.4) is 0 Å². The number of nitriles is 1. The van der Waals surface area contributed by atoms with Gasteiger partial charge < -0.3 is 14.9 Å². The number of aromatic nitrogens is 3. The Hall–Kier alpha value is -3.62. The van der Waals surface area contributed by atoms with Crippen LogP contribution in [0.25, 0.3) is 0 Å². The highest BCUT2D eigenvalue weighted by Gasteiger charge is 2.38. The number of benzene rings is 1. The zero-order chi connectivity index (χ0) is 20.9. The molecular weight excluding hydrogens is 385 g/mol. The Balaban J connectivity index is 0.000000345. The Morgan fingerprint density at radius 1 is 1.21 bits per heavy atom. The second kappa shape index (κ2) is 8.38. The fraction of sp³-hybridized carbons (Fsp3) is 0.312. The first-order valence-electron chi connectivity index (χ1n) is 7.73.